The van der Waals surface area contributed by atoms with Gasteiger partial charge in [0.15, 0.2) is 0 Å². The van der Waals surface area contributed by atoms with Gasteiger partial charge >= 0.3 is 5.97 Å². The predicted octanol–water partition coefficient (Wildman–Crippen LogP) is 1.32. The van der Waals surface area contributed by atoms with Crippen LogP contribution in [0.4, 0.5) is 14.6 Å². The molecule has 0 radical (unpaired) electrons. The molecule has 1 aromatic rings. The van der Waals surface area contributed by atoms with E-state index >= 15 is 0 Å². The van der Waals surface area contributed by atoms with E-state index in [1.54, 1.807) is 0 Å². The Kier molecular flexibility index (Phi) is 3.54. The molecule has 82 valence electrons. The number of esters is 1. The SMILES string of the molecule is COC(=O)Cc1ccnc(N)c1C(F)F. The predicted molar refractivity (Wildman–Crippen MR) is 49.3 cm³/mol. The Bertz CT molecular complexity index is 369. The van der Waals surface area contributed by atoms with Gasteiger partial charge in [0.1, 0.15) is 5.82 Å². The van der Waals surface area contributed by atoms with Gasteiger partial charge in [-0.2, -0.15) is 0 Å². The number of alkyl halides is 2. The van der Waals surface area contributed by atoms with E-state index in [2.05, 4.69) is 9.72 Å². The van der Waals surface area contributed by atoms with Crippen molar-refractivity contribution >= 4 is 11.8 Å². The van der Waals surface area contributed by atoms with Gasteiger partial charge < -0.3 is 10.5 Å². The molecule has 0 aliphatic carbocycles. The number of carbonyl (C=O) groups is 1. The van der Waals surface area contributed by atoms with E-state index in [9.17, 15) is 13.6 Å². The second kappa shape index (κ2) is 4.68. The molecule has 0 spiro atoms. The number of anilines is 1. The van der Waals surface area contributed by atoms with Crippen LogP contribution in [0.3, 0.4) is 0 Å². The Balaban J connectivity index is 3.06. The fourth-order valence-corrected chi connectivity index (χ4v) is 1.17. The summed E-state index contributed by atoms with van der Waals surface area (Å²) in [6, 6.07) is 1.33. The minimum atomic E-state index is -2.75. The molecule has 4 nitrogen and oxygen atoms in total. The van der Waals surface area contributed by atoms with Gasteiger partial charge in [0.05, 0.1) is 19.1 Å². The summed E-state index contributed by atoms with van der Waals surface area (Å²) in [4.78, 5) is 14.5. The summed E-state index contributed by atoms with van der Waals surface area (Å²) in [5.74, 6) is -0.853. The third-order valence-electron chi connectivity index (χ3n) is 1.89. The number of carbonyl (C=O) groups excluding carboxylic acids is 1. The zero-order valence-electron chi connectivity index (χ0n) is 8.04. The Labute approximate surface area is 85.1 Å². The third-order valence-corrected chi connectivity index (χ3v) is 1.89. The molecule has 0 fully saturated rings. The van der Waals surface area contributed by atoms with Crippen LogP contribution in [-0.4, -0.2) is 18.1 Å². The molecular weight excluding hydrogens is 206 g/mol. The van der Waals surface area contributed by atoms with Gasteiger partial charge in [0.25, 0.3) is 6.43 Å². The molecule has 0 amide bonds. The average molecular weight is 216 g/mol. The van der Waals surface area contributed by atoms with Crippen molar-refractivity contribution in [2.75, 3.05) is 12.8 Å². The first kappa shape index (κ1) is 11.4. The van der Waals surface area contributed by atoms with Crippen molar-refractivity contribution in [1.82, 2.24) is 4.98 Å². The van der Waals surface area contributed by atoms with E-state index in [4.69, 9.17) is 5.73 Å². The highest BCUT2D eigenvalue weighted by atomic mass is 19.3. The summed E-state index contributed by atoms with van der Waals surface area (Å²) in [5.41, 5.74) is 5.04. The molecule has 0 aliphatic rings. The van der Waals surface area contributed by atoms with Crippen LogP contribution in [0.2, 0.25) is 0 Å². The van der Waals surface area contributed by atoms with Crippen LogP contribution >= 0.6 is 0 Å². The maximum Gasteiger partial charge on any atom is 0.309 e. The van der Waals surface area contributed by atoms with Crippen LogP contribution in [0, 0.1) is 0 Å². The van der Waals surface area contributed by atoms with E-state index in [0.717, 1.165) is 0 Å². The smallest absolute Gasteiger partial charge is 0.309 e. The monoisotopic (exact) mass is 216 g/mol. The van der Waals surface area contributed by atoms with Gasteiger partial charge in [0.2, 0.25) is 0 Å². The number of aromatic nitrogens is 1. The number of nitrogens with zero attached hydrogens (tertiary/aromatic N) is 1. The van der Waals surface area contributed by atoms with Crippen molar-refractivity contribution in [2.24, 2.45) is 0 Å². The van der Waals surface area contributed by atoms with Gasteiger partial charge in [-0.3, -0.25) is 4.79 Å². The topological polar surface area (TPSA) is 65.2 Å². The van der Waals surface area contributed by atoms with Crippen molar-refractivity contribution in [3.05, 3.63) is 23.4 Å². The summed E-state index contributed by atoms with van der Waals surface area (Å²) >= 11 is 0. The molecule has 1 heterocycles. The molecular formula is C9H10F2N2O2. The minimum Gasteiger partial charge on any atom is -0.469 e. The molecule has 0 saturated carbocycles. The Hall–Kier alpha value is -1.72. The van der Waals surface area contributed by atoms with Crippen LogP contribution in [0.15, 0.2) is 12.3 Å². The lowest BCUT2D eigenvalue weighted by Crippen LogP contribution is -2.09. The molecule has 0 unspecified atom stereocenters. The van der Waals surface area contributed by atoms with Crippen molar-refractivity contribution in [3.8, 4) is 0 Å². The molecule has 0 bridgehead atoms. The van der Waals surface area contributed by atoms with E-state index < -0.39 is 18.0 Å². The van der Waals surface area contributed by atoms with E-state index in [0.29, 0.717) is 0 Å². The molecule has 2 N–H and O–H groups in total. The van der Waals surface area contributed by atoms with Crippen LogP contribution in [-0.2, 0) is 16.0 Å². The number of ether oxygens (including phenoxy) is 1. The molecule has 0 aromatic carbocycles. The summed E-state index contributed by atoms with van der Waals surface area (Å²) in [6.07, 6.45) is -1.71. The van der Waals surface area contributed by atoms with E-state index in [1.165, 1.54) is 19.4 Å². The van der Waals surface area contributed by atoms with Gasteiger partial charge in [0, 0.05) is 6.20 Å². The second-order valence-corrected chi connectivity index (χ2v) is 2.82. The fourth-order valence-electron chi connectivity index (χ4n) is 1.17. The first-order chi connectivity index (χ1) is 7.06. The summed E-state index contributed by atoms with van der Waals surface area (Å²) in [5, 5.41) is 0. The van der Waals surface area contributed by atoms with E-state index in [1.807, 2.05) is 0 Å². The molecule has 0 atom stereocenters. The van der Waals surface area contributed by atoms with Crippen LogP contribution in [0.5, 0.6) is 0 Å². The normalized spacial score (nSPS) is 10.4. The summed E-state index contributed by atoms with van der Waals surface area (Å²) < 4.78 is 29.5. The Morgan fingerprint density at radius 3 is 2.87 bits per heavy atom. The van der Waals surface area contributed by atoms with Crippen molar-refractivity contribution in [2.45, 2.75) is 12.8 Å². The first-order valence-electron chi connectivity index (χ1n) is 4.14. The largest absolute Gasteiger partial charge is 0.469 e. The number of hydrogen-bond donors (Lipinski definition) is 1. The van der Waals surface area contributed by atoms with Gasteiger partial charge in [-0.25, -0.2) is 13.8 Å². The van der Waals surface area contributed by atoms with Crippen LogP contribution in [0.1, 0.15) is 17.6 Å². The lowest BCUT2D eigenvalue weighted by atomic mass is 10.1. The first-order valence-corrected chi connectivity index (χ1v) is 4.14. The van der Waals surface area contributed by atoms with E-state index in [-0.39, 0.29) is 17.8 Å². The Morgan fingerprint density at radius 1 is 1.67 bits per heavy atom. The van der Waals surface area contributed by atoms with Crippen molar-refractivity contribution in [1.29, 1.82) is 0 Å². The van der Waals surface area contributed by atoms with Gasteiger partial charge in [-0.15, -0.1) is 0 Å². The third kappa shape index (κ3) is 2.61. The zero-order valence-corrected chi connectivity index (χ0v) is 8.04. The molecule has 1 rings (SSSR count). The lowest BCUT2D eigenvalue weighted by Gasteiger charge is -2.09. The van der Waals surface area contributed by atoms with Gasteiger partial charge in [-0.05, 0) is 11.6 Å². The Morgan fingerprint density at radius 2 is 2.33 bits per heavy atom. The number of hydrogen-bond acceptors (Lipinski definition) is 4. The number of pyridine rings is 1. The molecule has 15 heavy (non-hydrogen) atoms. The van der Waals surface area contributed by atoms with Crippen LogP contribution in [0.25, 0.3) is 0 Å². The zero-order chi connectivity index (χ0) is 11.4. The highest BCUT2D eigenvalue weighted by Gasteiger charge is 2.19. The van der Waals surface area contributed by atoms with Gasteiger partial charge in [-0.1, -0.05) is 0 Å². The molecule has 0 saturated heterocycles. The van der Waals surface area contributed by atoms with Crippen LogP contribution < -0.4 is 5.73 Å². The lowest BCUT2D eigenvalue weighted by molar-refractivity contribution is -0.139. The molecule has 6 heteroatoms. The number of halogens is 2. The minimum absolute atomic E-state index is 0.143. The average Bonchev–Trinajstić information content (AvgIpc) is 2.17. The summed E-state index contributed by atoms with van der Waals surface area (Å²) in [7, 11) is 1.19. The number of nitrogens with two attached hydrogens (primary N) is 1. The van der Waals surface area contributed by atoms with Crippen molar-refractivity contribution < 1.29 is 18.3 Å². The fraction of sp³-hybridized carbons (Fsp3) is 0.333. The quantitative estimate of drug-likeness (QED) is 0.774. The number of nitrogen functional groups attached to an aromatic ring is 1. The maximum absolute atomic E-state index is 12.6. The number of methoxy groups -OCH3 is 1. The maximum atomic E-state index is 12.6. The van der Waals surface area contributed by atoms with Crippen molar-refractivity contribution in [3.63, 3.8) is 0 Å². The summed E-state index contributed by atoms with van der Waals surface area (Å²) in [6.45, 7) is 0. The highest BCUT2D eigenvalue weighted by Crippen LogP contribution is 2.27. The molecule has 1 aromatic heterocycles. The number of rotatable bonds is 3. The standard InChI is InChI=1S/C9H10F2N2O2/c1-15-6(14)4-5-2-3-13-9(12)7(5)8(10)11/h2-3,8H,4H2,1H3,(H2,12,13). The second-order valence-electron chi connectivity index (χ2n) is 2.82. The molecule has 0 aliphatic heterocycles. The highest BCUT2D eigenvalue weighted by molar-refractivity contribution is 5.73.